The number of nitrogens with one attached hydrogen (secondary N) is 2. The van der Waals surface area contributed by atoms with Crippen molar-refractivity contribution in [2.75, 3.05) is 13.1 Å². The third kappa shape index (κ3) is 1.63. The quantitative estimate of drug-likeness (QED) is 0.691. The van der Waals surface area contributed by atoms with Gasteiger partial charge in [-0.25, -0.2) is 0 Å². The summed E-state index contributed by atoms with van der Waals surface area (Å²) in [5.74, 6) is 2.70. The highest BCUT2D eigenvalue weighted by Crippen LogP contribution is 2.59. The Bertz CT molecular complexity index is 545. The summed E-state index contributed by atoms with van der Waals surface area (Å²) in [5, 5.41) is 28.2. The maximum absolute atomic E-state index is 11.0. The number of amidine groups is 2. The van der Waals surface area contributed by atoms with Gasteiger partial charge >= 0.3 is 0 Å². The van der Waals surface area contributed by atoms with Gasteiger partial charge in [-0.3, -0.25) is 10.8 Å². The van der Waals surface area contributed by atoms with Gasteiger partial charge in [0.05, 0.1) is 18.2 Å². The zero-order chi connectivity index (χ0) is 15.1. The van der Waals surface area contributed by atoms with Gasteiger partial charge in [0.15, 0.2) is 0 Å². The van der Waals surface area contributed by atoms with E-state index in [0.717, 1.165) is 57.3 Å². The molecule has 0 radical (unpaired) electrons. The molecule has 3 unspecified atom stereocenters. The molecule has 0 amide bonds. The molecule has 6 aliphatic rings. The van der Waals surface area contributed by atoms with E-state index in [9.17, 15) is 5.11 Å². The summed E-state index contributed by atoms with van der Waals surface area (Å²) in [4.78, 5) is 4.39. The standard InChI is InChI=1S/C17H26N4O/c18-14-9-21(15(19)13-2-1-3-20(13)14)16-5-11-4-12(6-16)8-17(22,7-11)10-16/h11-13,18-19,22H,1-10H2/t11-,12+,13?,16?,17?. The Balaban J connectivity index is 1.51. The molecule has 5 atom stereocenters. The Morgan fingerprint density at radius 2 is 1.82 bits per heavy atom. The molecule has 22 heavy (non-hydrogen) atoms. The Morgan fingerprint density at radius 1 is 1.09 bits per heavy atom. The van der Waals surface area contributed by atoms with Crippen molar-refractivity contribution in [3.8, 4) is 0 Å². The topological polar surface area (TPSA) is 74.4 Å². The molecule has 3 N–H and O–H groups in total. The van der Waals surface area contributed by atoms with Crippen molar-refractivity contribution in [1.29, 1.82) is 10.8 Å². The molecule has 2 saturated heterocycles. The van der Waals surface area contributed by atoms with Crippen LogP contribution in [0, 0.1) is 22.7 Å². The van der Waals surface area contributed by atoms with Crippen LogP contribution in [-0.2, 0) is 0 Å². The molecule has 2 aliphatic heterocycles. The predicted octanol–water partition coefficient (Wildman–Crippen LogP) is 1.80. The molecular weight excluding hydrogens is 276 g/mol. The van der Waals surface area contributed by atoms with Crippen LogP contribution in [0.2, 0.25) is 0 Å². The first-order chi connectivity index (χ1) is 10.5. The second kappa shape index (κ2) is 4.05. The van der Waals surface area contributed by atoms with Gasteiger partial charge in [0.1, 0.15) is 11.7 Å². The number of fused-ring (bicyclic) bond motifs is 1. The number of rotatable bonds is 1. The summed E-state index contributed by atoms with van der Waals surface area (Å²) in [7, 11) is 0. The fourth-order valence-corrected chi connectivity index (χ4v) is 6.79. The lowest BCUT2D eigenvalue weighted by Crippen LogP contribution is -2.71. The van der Waals surface area contributed by atoms with E-state index in [1.54, 1.807) is 0 Å². The highest BCUT2D eigenvalue weighted by molar-refractivity contribution is 5.98. The summed E-state index contributed by atoms with van der Waals surface area (Å²) < 4.78 is 0. The van der Waals surface area contributed by atoms with E-state index in [2.05, 4.69) is 9.80 Å². The number of aliphatic hydroxyl groups is 1. The zero-order valence-corrected chi connectivity index (χ0v) is 13.1. The van der Waals surface area contributed by atoms with Gasteiger partial charge in [-0.15, -0.1) is 0 Å². The first-order valence-corrected chi connectivity index (χ1v) is 8.91. The Hall–Kier alpha value is -1.10. The summed E-state index contributed by atoms with van der Waals surface area (Å²) >= 11 is 0. The Kier molecular flexibility index (Phi) is 2.46. The van der Waals surface area contributed by atoms with E-state index in [1.165, 1.54) is 6.42 Å². The van der Waals surface area contributed by atoms with Crippen molar-refractivity contribution >= 4 is 11.7 Å². The second-order valence-corrected chi connectivity index (χ2v) is 8.68. The average Bonchev–Trinajstić information content (AvgIpc) is 2.90. The summed E-state index contributed by atoms with van der Waals surface area (Å²) in [6.07, 6.45) is 8.44. The first-order valence-electron chi connectivity index (χ1n) is 8.91. The van der Waals surface area contributed by atoms with E-state index < -0.39 is 5.60 Å². The molecule has 0 aromatic heterocycles. The van der Waals surface area contributed by atoms with Crippen molar-refractivity contribution in [1.82, 2.24) is 9.80 Å². The van der Waals surface area contributed by atoms with E-state index >= 15 is 0 Å². The number of piperazine rings is 1. The predicted molar refractivity (Wildman–Crippen MR) is 84.3 cm³/mol. The highest BCUT2D eigenvalue weighted by Gasteiger charge is 2.61. The molecular formula is C17H26N4O. The minimum absolute atomic E-state index is 0.0309. The van der Waals surface area contributed by atoms with Crippen molar-refractivity contribution in [3.05, 3.63) is 0 Å². The van der Waals surface area contributed by atoms with Crippen molar-refractivity contribution in [2.24, 2.45) is 11.8 Å². The van der Waals surface area contributed by atoms with Gasteiger partial charge in [-0.05, 0) is 63.2 Å². The van der Waals surface area contributed by atoms with Crippen LogP contribution in [0.5, 0.6) is 0 Å². The van der Waals surface area contributed by atoms with E-state index in [-0.39, 0.29) is 11.6 Å². The molecule has 6 fully saturated rings. The Morgan fingerprint density at radius 3 is 2.50 bits per heavy atom. The van der Waals surface area contributed by atoms with Crippen molar-refractivity contribution < 1.29 is 5.11 Å². The molecule has 120 valence electrons. The monoisotopic (exact) mass is 302 g/mol. The fourth-order valence-electron chi connectivity index (χ4n) is 6.79. The molecule has 5 nitrogen and oxygen atoms in total. The minimum Gasteiger partial charge on any atom is -0.390 e. The Labute approximate surface area is 131 Å². The van der Waals surface area contributed by atoms with Crippen LogP contribution in [0.3, 0.4) is 0 Å². The van der Waals surface area contributed by atoms with Gasteiger partial charge in [0.25, 0.3) is 0 Å². The maximum atomic E-state index is 11.0. The number of hydrogen-bond acceptors (Lipinski definition) is 3. The van der Waals surface area contributed by atoms with Crippen LogP contribution < -0.4 is 0 Å². The van der Waals surface area contributed by atoms with Crippen LogP contribution >= 0.6 is 0 Å². The zero-order valence-electron chi connectivity index (χ0n) is 13.1. The fraction of sp³-hybridized carbons (Fsp3) is 0.882. The lowest BCUT2D eigenvalue weighted by molar-refractivity contribution is -0.162. The molecule has 0 aromatic rings. The minimum atomic E-state index is -0.487. The highest BCUT2D eigenvalue weighted by atomic mass is 16.3. The van der Waals surface area contributed by atoms with Gasteiger partial charge < -0.3 is 14.9 Å². The van der Waals surface area contributed by atoms with Crippen LogP contribution in [0.15, 0.2) is 0 Å². The first kappa shape index (κ1) is 13.3. The van der Waals surface area contributed by atoms with Crippen LogP contribution in [0.4, 0.5) is 0 Å². The molecule has 4 bridgehead atoms. The molecule has 5 heteroatoms. The average molecular weight is 302 g/mol. The molecule has 6 rings (SSSR count). The molecule has 4 saturated carbocycles. The van der Waals surface area contributed by atoms with Crippen LogP contribution in [-0.4, -0.2) is 56.8 Å². The van der Waals surface area contributed by atoms with E-state index in [4.69, 9.17) is 10.8 Å². The summed E-state index contributed by atoms with van der Waals surface area (Å²) in [5.41, 5.74) is -0.518. The third-order valence-electron chi connectivity index (χ3n) is 7.09. The van der Waals surface area contributed by atoms with E-state index in [0.29, 0.717) is 24.2 Å². The molecule has 0 spiro atoms. The second-order valence-electron chi connectivity index (χ2n) is 8.68. The molecule has 0 aromatic carbocycles. The third-order valence-corrected chi connectivity index (χ3v) is 7.09. The smallest absolute Gasteiger partial charge is 0.120 e. The summed E-state index contributed by atoms with van der Waals surface area (Å²) in [6.45, 7) is 1.53. The van der Waals surface area contributed by atoms with Gasteiger partial charge in [0.2, 0.25) is 0 Å². The number of nitrogens with zero attached hydrogens (tertiary/aromatic N) is 2. The summed E-state index contributed by atoms with van der Waals surface area (Å²) in [6, 6.07) is 0.129. The van der Waals surface area contributed by atoms with Gasteiger partial charge in [-0.2, -0.15) is 0 Å². The van der Waals surface area contributed by atoms with Crippen LogP contribution in [0.1, 0.15) is 51.4 Å². The number of hydrogen-bond donors (Lipinski definition) is 3. The van der Waals surface area contributed by atoms with Crippen LogP contribution in [0.25, 0.3) is 0 Å². The SMILES string of the molecule is N=C1CN(C23C[C@@H]4C[C@@H](CC(O)(C4)C2)C3)C(=N)C2CCCN12. The normalized spacial score (nSPS) is 50.0. The maximum Gasteiger partial charge on any atom is 0.120 e. The van der Waals surface area contributed by atoms with Crippen molar-refractivity contribution in [3.63, 3.8) is 0 Å². The van der Waals surface area contributed by atoms with Crippen molar-refractivity contribution in [2.45, 2.75) is 68.5 Å². The lowest BCUT2D eigenvalue weighted by Gasteiger charge is -2.64. The van der Waals surface area contributed by atoms with Gasteiger partial charge in [-0.1, -0.05) is 0 Å². The van der Waals surface area contributed by atoms with E-state index in [1.807, 2.05) is 0 Å². The molecule has 4 aliphatic carbocycles. The lowest BCUT2D eigenvalue weighted by atomic mass is 9.50. The van der Waals surface area contributed by atoms with Gasteiger partial charge in [0, 0.05) is 12.1 Å². The molecule has 2 heterocycles. The largest absolute Gasteiger partial charge is 0.390 e.